The lowest BCUT2D eigenvalue weighted by Crippen LogP contribution is -2.30. The van der Waals surface area contributed by atoms with E-state index in [-0.39, 0.29) is 5.75 Å². The van der Waals surface area contributed by atoms with Crippen LogP contribution in [0.3, 0.4) is 0 Å². The Labute approximate surface area is 102 Å². The van der Waals surface area contributed by atoms with Gasteiger partial charge < -0.3 is 4.98 Å². The molecular formula is C11H19N3O2S. The van der Waals surface area contributed by atoms with E-state index in [2.05, 4.69) is 14.7 Å². The van der Waals surface area contributed by atoms with Gasteiger partial charge >= 0.3 is 0 Å². The third-order valence-electron chi connectivity index (χ3n) is 3.22. The van der Waals surface area contributed by atoms with Gasteiger partial charge in [0.25, 0.3) is 0 Å². The summed E-state index contributed by atoms with van der Waals surface area (Å²) < 4.78 is 26.3. The Kier molecular flexibility index (Phi) is 4.17. The first-order valence-corrected chi connectivity index (χ1v) is 7.75. The summed E-state index contributed by atoms with van der Waals surface area (Å²) in [5.41, 5.74) is 0.789. The summed E-state index contributed by atoms with van der Waals surface area (Å²) in [4.78, 5) is 6.72. The minimum absolute atomic E-state index is 0.265. The quantitative estimate of drug-likeness (QED) is 0.837. The van der Waals surface area contributed by atoms with Crippen LogP contribution in [0.25, 0.3) is 0 Å². The van der Waals surface area contributed by atoms with Crippen LogP contribution in [-0.4, -0.2) is 24.1 Å². The van der Waals surface area contributed by atoms with Crippen molar-refractivity contribution < 1.29 is 8.42 Å². The number of rotatable bonds is 5. The number of aromatic amines is 1. The van der Waals surface area contributed by atoms with Crippen LogP contribution in [0.15, 0.2) is 12.5 Å². The second-order valence-electron chi connectivity index (χ2n) is 4.68. The molecule has 6 heteroatoms. The number of nitrogens with one attached hydrogen (secondary N) is 2. The summed E-state index contributed by atoms with van der Waals surface area (Å²) in [6, 6.07) is 0. The van der Waals surface area contributed by atoms with E-state index in [1.807, 2.05) is 0 Å². The number of imidazole rings is 1. The zero-order chi connectivity index (χ0) is 12.1. The molecule has 96 valence electrons. The number of sulfonamides is 1. The maximum Gasteiger partial charge on any atom is 0.212 e. The van der Waals surface area contributed by atoms with Crippen molar-refractivity contribution in [1.29, 1.82) is 0 Å². The molecule has 0 aromatic carbocycles. The summed E-state index contributed by atoms with van der Waals surface area (Å²) in [5.74, 6) is 0.601. The monoisotopic (exact) mass is 257 g/mol. The first kappa shape index (κ1) is 12.6. The second-order valence-corrected chi connectivity index (χ2v) is 6.53. The van der Waals surface area contributed by atoms with Gasteiger partial charge in [0.2, 0.25) is 10.0 Å². The summed E-state index contributed by atoms with van der Waals surface area (Å²) >= 11 is 0. The van der Waals surface area contributed by atoms with Gasteiger partial charge in [-0.25, -0.2) is 18.1 Å². The zero-order valence-corrected chi connectivity index (χ0v) is 10.7. The van der Waals surface area contributed by atoms with Crippen LogP contribution < -0.4 is 4.72 Å². The third-order valence-corrected chi connectivity index (χ3v) is 4.71. The average molecular weight is 257 g/mol. The van der Waals surface area contributed by atoms with Crippen LogP contribution in [0.1, 0.15) is 37.8 Å². The minimum Gasteiger partial charge on any atom is -0.347 e. The highest BCUT2D eigenvalue weighted by Crippen LogP contribution is 2.24. The highest BCUT2D eigenvalue weighted by molar-refractivity contribution is 7.89. The summed E-state index contributed by atoms with van der Waals surface area (Å²) in [5, 5.41) is 0. The Morgan fingerprint density at radius 3 is 2.76 bits per heavy atom. The third kappa shape index (κ3) is 4.12. The van der Waals surface area contributed by atoms with E-state index in [0.29, 0.717) is 12.5 Å². The molecule has 1 fully saturated rings. The molecule has 0 bridgehead atoms. The Morgan fingerprint density at radius 1 is 1.35 bits per heavy atom. The Morgan fingerprint density at radius 2 is 2.12 bits per heavy atom. The van der Waals surface area contributed by atoms with Gasteiger partial charge in [-0.3, -0.25) is 0 Å². The molecule has 1 saturated carbocycles. The molecule has 2 N–H and O–H groups in total. The Hall–Kier alpha value is -0.880. The van der Waals surface area contributed by atoms with E-state index >= 15 is 0 Å². The molecule has 0 saturated heterocycles. The van der Waals surface area contributed by atoms with Crippen LogP contribution in [0.4, 0.5) is 0 Å². The molecule has 0 spiro atoms. The molecule has 0 aliphatic heterocycles. The molecular weight excluding hydrogens is 238 g/mol. The summed E-state index contributed by atoms with van der Waals surface area (Å²) in [6.45, 7) is 0.301. The van der Waals surface area contributed by atoms with E-state index in [0.717, 1.165) is 18.5 Å². The molecule has 1 aliphatic carbocycles. The smallest absolute Gasteiger partial charge is 0.212 e. The number of nitrogens with zero attached hydrogens (tertiary/aromatic N) is 1. The van der Waals surface area contributed by atoms with Crippen molar-refractivity contribution in [2.75, 3.05) is 5.75 Å². The van der Waals surface area contributed by atoms with Crippen LogP contribution in [-0.2, 0) is 16.6 Å². The molecule has 0 amide bonds. The lowest BCUT2D eigenvalue weighted by Gasteiger charge is -2.21. The Bertz CT molecular complexity index is 422. The fraction of sp³-hybridized carbons (Fsp3) is 0.727. The van der Waals surface area contributed by atoms with Gasteiger partial charge in [-0.1, -0.05) is 19.3 Å². The molecule has 5 nitrogen and oxygen atoms in total. The Balaban J connectivity index is 1.81. The molecule has 0 unspecified atom stereocenters. The van der Waals surface area contributed by atoms with E-state index in [9.17, 15) is 8.42 Å². The molecule has 2 rings (SSSR count). The minimum atomic E-state index is -3.16. The van der Waals surface area contributed by atoms with Crippen LogP contribution in [0.2, 0.25) is 0 Å². The highest BCUT2D eigenvalue weighted by atomic mass is 32.2. The average Bonchev–Trinajstić information content (AvgIpc) is 2.80. The predicted molar refractivity (Wildman–Crippen MR) is 65.8 cm³/mol. The van der Waals surface area contributed by atoms with Crippen molar-refractivity contribution in [3.63, 3.8) is 0 Å². The van der Waals surface area contributed by atoms with Crippen molar-refractivity contribution in [2.24, 2.45) is 5.92 Å². The first-order chi connectivity index (χ1) is 8.16. The number of aromatic nitrogens is 2. The van der Waals surface area contributed by atoms with Crippen molar-refractivity contribution in [3.8, 4) is 0 Å². The van der Waals surface area contributed by atoms with Crippen LogP contribution in [0.5, 0.6) is 0 Å². The van der Waals surface area contributed by atoms with Gasteiger partial charge in [-0.15, -0.1) is 0 Å². The largest absolute Gasteiger partial charge is 0.347 e. The molecule has 1 aromatic rings. The maximum absolute atomic E-state index is 11.8. The topological polar surface area (TPSA) is 74.8 Å². The lowest BCUT2D eigenvalue weighted by atomic mass is 9.91. The lowest BCUT2D eigenvalue weighted by molar-refractivity contribution is 0.384. The fourth-order valence-electron chi connectivity index (χ4n) is 2.29. The second kappa shape index (κ2) is 5.64. The van der Waals surface area contributed by atoms with E-state index in [4.69, 9.17) is 0 Å². The number of hydrogen-bond acceptors (Lipinski definition) is 3. The van der Waals surface area contributed by atoms with Gasteiger partial charge in [0, 0.05) is 11.9 Å². The van der Waals surface area contributed by atoms with E-state index < -0.39 is 10.0 Å². The van der Waals surface area contributed by atoms with Crippen molar-refractivity contribution in [3.05, 3.63) is 18.2 Å². The first-order valence-electron chi connectivity index (χ1n) is 6.10. The molecule has 0 atom stereocenters. The molecule has 0 radical (unpaired) electrons. The SMILES string of the molecule is O=S(=O)(CC1CCCCC1)NCc1cnc[nH]1. The predicted octanol–water partition coefficient (Wildman–Crippen LogP) is 1.41. The van der Waals surface area contributed by atoms with Gasteiger partial charge in [0.05, 0.1) is 18.6 Å². The van der Waals surface area contributed by atoms with Crippen molar-refractivity contribution in [1.82, 2.24) is 14.7 Å². The fourth-order valence-corrected chi connectivity index (χ4v) is 3.74. The van der Waals surface area contributed by atoms with Gasteiger partial charge in [-0.05, 0) is 18.8 Å². The molecule has 1 aromatic heterocycles. The number of H-pyrrole nitrogens is 1. The van der Waals surface area contributed by atoms with Gasteiger partial charge in [-0.2, -0.15) is 0 Å². The highest BCUT2D eigenvalue weighted by Gasteiger charge is 2.20. The zero-order valence-electron chi connectivity index (χ0n) is 9.85. The molecule has 1 heterocycles. The van der Waals surface area contributed by atoms with Gasteiger partial charge in [0.1, 0.15) is 0 Å². The molecule has 1 aliphatic rings. The molecule has 17 heavy (non-hydrogen) atoms. The van der Waals surface area contributed by atoms with E-state index in [1.54, 1.807) is 12.5 Å². The number of hydrogen-bond donors (Lipinski definition) is 2. The normalized spacial score (nSPS) is 18.4. The van der Waals surface area contributed by atoms with Crippen LogP contribution in [0, 0.1) is 5.92 Å². The van der Waals surface area contributed by atoms with Crippen molar-refractivity contribution >= 4 is 10.0 Å². The van der Waals surface area contributed by atoms with Crippen LogP contribution >= 0.6 is 0 Å². The summed E-state index contributed by atoms with van der Waals surface area (Å²) in [7, 11) is -3.16. The van der Waals surface area contributed by atoms with E-state index in [1.165, 1.54) is 19.3 Å². The maximum atomic E-state index is 11.8. The van der Waals surface area contributed by atoms with Crippen molar-refractivity contribution in [2.45, 2.75) is 38.6 Å². The standard InChI is InChI=1S/C11H19N3O2S/c15-17(16,8-10-4-2-1-3-5-10)14-7-11-6-12-9-13-11/h6,9-10,14H,1-5,7-8H2,(H,12,13). The van der Waals surface area contributed by atoms with Gasteiger partial charge in [0.15, 0.2) is 0 Å². The summed E-state index contributed by atoms with van der Waals surface area (Å²) in [6.07, 6.45) is 8.85.